The molecular weight excluding hydrogens is 394 g/mol. The zero-order chi connectivity index (χ0) is 21.3. The van der Waals surface area contributed by atoms with Gasteiger partial charge in [-0.15, -0.1) is 0 Å². The monoisotopic (exact) mass is 406 g/mol. The lowest BCUT2D eigenvalue weighted by Crippen LogP contribution is -2.19. The van der Waals surface area contributed by atoms with E-state index in [4.69, 9.17) is 5.73 Å². The molecule has 28 heavy (non-hydrogen) atoms. The number of anilines is 2. The molecule has 0 saturated heterocycles. The molecule has 150 valence electrons. The molecule has 0 spiro atoms. The molecule has 3 N–H and O–H groups in total. The van der Waals surface area contributed by atoms with Gasteiger partial charge in [-0.25, -0.2) is 4.79 Å². The van der Waals surface area contributed by atoms with Gasteiger partial charge >= 0.3 is 18.3 Å². The van der Waals surface area contributed by atoms with E-state index in [1.807, 2.05) is 0 Å². The van der Waals surface area contributed by atoms with Crippen LogP contribution >= 0.6 is 0 Å². The number of methoxy groups -OCH3 is 1. The van der Waals surface area contributed by atoms with Crippen molar-refractivity contribution >= 4 is 23.3 Å². The van der Waals surface area contributed by atoms with Gasteiger partial charge in [-0.2, -0.15) is 26.3 Å². The van der Waals surface area contributed by atoms with Crippen molar-refractivity contribution in [3.63, 3.8) is 0 Å². The Morgan fingerprint density at radius 3 is 1.93 bits per heavy atom. The molecule has 2 aromatic carbocycles. The minimum Gasteiger partial charge on any atom is -0.465 e. The van der Waals surface area contributed by atoms with E-state index in [2.05, 4.69) is 10.1 Å². The Labute approximate surface area is 154 Å². The molecule has 0 unspecified atom stereocenters. The number of nitrogens with two attached hydrogens (primary N) is 1. The highest BCUT2D eigenvalue weighted by molar-refractivity contribution is 6.08. The lowest BCUT2D eigenvalue weighted by atomic mass is 10.0. The number of ether oxygens (including phenoxy) is 1. The number of halogens is 6. The molecule has 0 aliphatic carbocycles. The lowest BCUT2D eigenvalue weighted by molar-refractivity contribution is -0.143. The van der Waals surface area contributed by atoms with Crippen molar-refractivity contribution in [3.05, 3.63) is 58.7 Å². The number of hydrogen-bond acceptors (Lipinski definition) is 4. The average Bonchev–Trinajstić information content (AvgIpc) is 2.59. The highest BCUT2D eigenvalue weighted by Gasteiger charge is 2.37. The quantitative estimate of drug-likeness (QED) is 0.451. The normalized spacial score (nSPS) is 11.8. The molecule has 2 rings (SSSR count). The first-order valence-corrected chi connectivity index (χ1v) is 7.41. The van der Waals surface area contributed by atoms with Crippen molar-refractivity contribution in [2.45, 2.75) is 12.4 Å². The van der Waals surface area contributed by atoms with E-state index >= 15 is 0 Å². The van der Waals surface area contributed by atoms with Gasteiger partial charge in [0, 0.05) is 11.3 Å². The van der Waals surface area contributed by atoms with Gasteiger partial charge in [-0.1, -0.05) is 0 Å². The van der Waals surface area contributed by atoms with Crippen LogP contribution in [0.25, 0.3) is 0 Å². The van der Waals surface area contributed by atoms with Crippen molar-refractivity contribution in [2.24, 2.45) is 0 Å². The van der Waals surface area contributed by atoms with Gasteiger partial charge in [0.1, 0.15) is 0 Å². The molecule has 5 nitrogen and oxygen atoms in total. The van der Waals surface area contributed by atoms with Crippen LogP contribution in [-0.4, -0.2) is 19.0 Å². The largest absolute Gasteiger partial charge is 0.465 e. The maximum atomic E-state index is 12.9. The summed E-state index contributed by atoms with van der Waals surface area (Å²) in [7, 11) is 1.05. The first-order chi connectivity index (χ1) is 12.8. The molecule has 0 atom stereocenters. The highest BCUT2D eigenvalue weighted by atomic mass is 19.4. The third-order valence-corrected chi connectivity index (χ3v) is 3.55. The molecule has 0 aromatic heterocycles. The van der Waals surface area contributed by atoms with E-state index in [1.54, 1.807) is 0 Å². The first kappa shape index (κ1) is 21.1. The molecule has 0 aliphatic heterocycles. The predicted octanol–water partition coefficient (Wildman–Crippen LogP) is 4.35. The van der Waals surface area contributed by atoms with E-state index in [-0.39, 0.29) is 35.1 Å². The van der Waals surface area contributed by atoms with Gasteiger partial charge in [0.05, 0.1) is 29.5 Å². The lowest BCUT2D eigenvalue weighted by Gasteiger charge is -2.15. The van der Waals surface area contributed by atoms with E-state index in [1.165, 1.54) is 12.1 Å². The molecule has 0 saturated carbocycles. The minimum absolute atomic E-state index is 0.0861. The second-order valence-corrected chi connectivity index (χ2v) is 5.55. The third kappa shape index (κ3) is 4.72. The summed E-state index contributed by atoms with van der Waals surface area (Å²) in [6.07, 6.45) is -10.2. The molecular formula is C17H12F6N2O3. The second-order valence-electron chi connectivity index (χ2n) is 5.55. The Kier molecular flexibility index (Phi) is 5.57. The highest BCUT2D eigenvalue weighted by Crippen LogP contribution is 2.36. The Hall–Kier alpha value is -3.24. The van der Waals surface area contributed by atoms with Crippen LogP contribution in [0.2, 0.25) is 0 Å². The standard InChI is InChI=1S/C17H12F6N2O3/c1-28-15(27)12-3-2-11(24)7-13(12)25-14(26)8-4-9(16(18,19)20)6-10(5-8)17(21,22)23/h2-7H,24H2,1H3,(H,25,26). The third-order valence-electron chi connectivity index (χ3n) is 3.55. The number of benzene rings is 2. The number of amides is 1. The summed E-state index contributed by atoms with van der Waals surface area (Å²) in [4.78, 5) is 24.0. The summed E-state index contributed by atoms with van der Waals surface area (Å²) in [6.45, 7) is 0. The number of carbonyl (C=O) groups excluding carboxylic acids is 2. The molecule has 0 bridgehead atoms. The SMILES string of the molecule is COC(=O)c1ccc(N)cc1NC(=O)c1cc(C(F)(F)F)cc(C(F)(F)F)c1. The molecule has 0 aliphatic rings. The van der Waals surface area contributed by atoms with Crippen LogP contribution in [0.4, 0.5) is 37.7 Å². The fourth-order valence-corrected chi connectivity index (χ4v) is 2.23. The predicted molar refractivity (Wildman–Crippen MR) is 86.6 cm³/mol. The maximum Gasteiger partial charge on any atom is 0.416 e. The van der Waals surface area contributed by atoms with Crippen LogP contribution in [0.5, 0.6) is 0 Å². The topological polar surface area (TPSA) is 81.4 Å². The second kappa shape index (κ2) is 7.41. The van der Waals surface area contributed by atoms with Crippen molar-refractivity contribution in [2.75, 3.05) is 18.2 Å². The van der Waals surface area contributed by atoms with Crippen molar-refractivity contribution < 1.29 is 40.7 Å². The smallest absolute Gasteiger partial charge is 0.416 e. The van der Waals surface area contributed by atoms with E-state index in [9.17, 15) is 35.9 Å². The van der Waals surface area contributed by atoms with E-state index < -0.39 is 40.9 Å². The van der Waals surface area contributed by atoms with Gasteiger partial charge in [0.25, 0.3) is 5.91 Å². The Bertz CT molecular complexity index is 890. The van der Waals surface area contributed by atoms with Gasteiger partial charge in [0.2, 0.25) is 0 Å². The summed E-state index contributed by atoms with van der Waals surface area (Å²) < 4.78 is 82.0. The van der Waals surface area contributed by atoms with Crippen molar-refractivity contribution in [3.8, 4) is 0 Å². The summed E-state index contributed by atoms with van der Waals surface area (Å²) >= 11 is 0. The number of nitrogens with one attached hydrogen (secondary N) is 1. The maximum absolute atomic E-state index is 12.9. The Morgan fingerprint density at radius 2 is 1.46 bits per heavy atom. The van der Waals surface area contributed by atoms with Gasteiger partial charge < -0.3 is 15.8 Å². The van der Waals surface area contributed by atoms with Crippen LogP contribution in [0.3, 0.4) is 0 Å². The van der Waals surface area contributed by atoms with Crippen LogP contribution in [0, 0.1) is 0 Å². The number of esters is 1. The van der Waals surface area contributed by atoms with Crippen molar-refractivity contribution in [1.29, 1.82) is 0 Å². The summed E-state index contributed by atoms with van der Waals surface area (Å²) in [5.74, 6) is -2.19. The number of carbonyl (C=O) groups is 2. The van der Waals surface area contributed by atoms with Crippen LogP contribution < -0.4 is 11.1 Å². The first-order valence-electron chi connectivity index (χ1n) is 7.41. The minimum atomic E-state index is -5.11. The van der Waals surface area contributed by atoms with Crippen molar-refractivity contribution in [1.82, 2.24) is 0 Å². The zero-order valence-electron chi connectivity index (χ0n) is 14.0. The molecule has 1 amide bonds. The summed E-state index contributed by atoms with van der Waals surface area (Å²) in [6, 6.07) is 4.04. The van der Waals surface area contributed by atoms with Crippen LogP contribution in [-0.2, 0) is 17.1 Å². The Balaban J connectivity index is 2.51. The number of hydrogen-bond donors (Lipinski definition) is 2. The fraction of sp³-hybridized carbons (Fsp3) is 0.176. The van der Waals surface area contributed by atoms with Gasteiger partial charge in [-0.3, -0.25) is 4.79 Å². The molecule has 0 heterocycles. The van der Waals surface area contributed by atoms with E-state index in [0.717, 1.165) is 13.2 Å². The molecule has 2 aromatic rings. The summed E-state index contributed by atoms with van der Waals surface area (Å²) in [5.41, 5.74) is 1.02. The molecule has 0 fully saturated rings. The molecule has 0 radical (unpaired) electrons. The number of rotatable bonds is 3. The number of alkyl halides is 6. The Morgan fingerprint density at radius 1 is 0.929 bits per heavy atom. The zero-order valence-corrected chi connectivity index (χ0v) is 14.0. The van der Waals surface area contributed by atoms with Gasteiger partial charge in [0.15, 0.2) is 0 Å². The van der Waals surface area contributed by atoms with Gasteiger partial charge in [-0.05, 0) is 36.4 Å². The number of nitrogen functional groups attached to an aromatic ring is 1. The van der Waals surface area contributed by atoms with Crippen LogP contribution in [0.15, 0.2) is 36.4 Å². The van der Waals surface area contributed by atoms with E-state index in [0.29, 0.717) is 0 Å². The average molecular weight is 406 g/mol. The summed E-state index contributed by atoms with van der Waals surface area (Å²) in [5, 5.41) is 2.09. The molecule has 11 heteroatoms. The van der Waals surface area contributed by atoms with Crippen LogP contribution in [0.1, 0.15) is 31.8 Å². The fourth-order valence-electron chi connectivity index (χ4n) is 2.23.